The van der Waals surface area contributed by atoms with E-state index in [0.29, 0.717) is 85.3 Å². The Morgan fingerprint density at radius 2 is 1.42 bits per heavy atom. The van der Waals surface area contributed by atoms with Gasteiger partial charge in [-0.15, -0.1) is 0 Å². The largest absolute Gasteiger partial charge is 0.393 e. The second-order valence-corrected chi connectivity index (χ2v) is 21.4. The maximum absolute atomic E-state index is 15.1. The van der Waals surface area contributed by atoms with Gasteiger partial charge in [0.2, 0.25) is 5.91 Å². The van der Waals surface area contributed by atoms with Gasteiger partial charge in [0.1, 0.15) is 5.78 Å². The zero-order valence-electron chi connectivity index (χ0n) is 32.0. The summed E-state index contributed by atoms with van der Waals surface area (Å²) in [6, 6.07) is 0. The monoisotopic (exact) mass is 664 g/mol. The summed E-state index contributed by atoms with van der Waals surface area (Å²) in [7, 11) is 0. The number of rotatable bonds is 5. The maximum atomic E-state index is 15.1. The Bertz CT molecular complexity index is 1330. The standard InChI is InChI=1S/C43H69NO4/c1-37(2)27(25-30(37)36(47)44-21-23-48-24-22-44)26-34(46)43-16-11-28(39(5)17-18-39)35(43)29-9-10-32-40(6)14-13-33(45)38(3,4)31(40)12-15-42(32,8)41(29,7)19-20-43/h27-33,35,45H,9-26H2,1-8H3/t27-,28-,29-,30+,31+,32-,33+,35?,40+,41-,42-,43-/m1/s1. The van der Waals surface area contributed by atoms with Gasteiger partial charge in [0, 0.05) is 30.8 Å². The van der Waals surface area contributed by atoms with E-state index in [0.717, 1.165) is 25.7 Å². The van der Waals surface area contributed by atoms with E-state index < -0.39 is 0 Å². The Kier molecular flexibility index (Phi) is 7.69. The zero-order chi connectivity index (χ0) is 34.3. The van der Waals surface area contributed by atoms with Crippen molar-refractivity contribution in [2.24, 2.45) is 79.3 Å². The Labute approximate surface area is 292 Å². The van der Waals surface area contributed by atoms with Crippen LogP contribution in [0.4, 0.5) is 0 Å². The van der Waals surface area contributed by atoms with Crippen LogP contribution in [0.25, 0.3) is 0 Å². The molecule has 1 N–H and O–H groups in total. The Morgan fingerprint density at radius 3 is 2.08 bits per heavy atom. The molecule has 0 radical (unpaired) electrons. The van der Waals surface area contributed by atoms with Crippen LogP contribution in [-0.4, -0.2) is 54.1 Å². The van der Waals surface area contributed by atoms with Crippen LogP contribution in [0.1, 0.15) is 145 Å². The SMILES string of the molecule is CC1([C@@H]2CC[C@]3(C(=O)C[C@H]4C[C@@H](C(=O)N5CCOCC5)C4(C)C)CC[C@]4(C)[C@H](CC[C@@H]5[C@@]6(C)CC[C@H](O)C(C)(C)[C@@H]6CC[C@]54C)C23)CC1. The van der Waals surface area contributed by atoms with E-state index in [1.807, 2.05) is 4.90 Å². The summed E-state index contributed by atoms with van der Waals surface area (Å²) in [5.41, 5.74) is 0.975. The molecule has 7 saturated carbocycles. The van der Waals surface area contributed by atoms with E-state index in [-0.39, 0.29) is 44.5 Å². The minimum Gasteiger partial charge on any atom is -0.393 e. The number of carbonyl (C=O) groups excluding carboxylic acids is 2. The minimum atomic E-state index is -0.180. The molecule has 8 aliphatic rings. The third-order valence-electron chi connectivity index (χ3n) is 19.4. The fraction of sp³-hybridized carbons (Fsp3) is 0.953. The molecule has 0 aromatic heterocycles. The number of carbonyl (C=O) groups is 2. The lowest BCUT2D eigenvalue weighted by Gasteiger charge is -2.73. The van der Waals surface area contributed by atoms with E-state index in [2.05, 4.69) is 55.4 Å². The quantitative estimate of drug-likeness (QED) is 0.320. The topological polar surface area (TPSA) is 66.8 Å². The van der Waals surface area contributed by atoms with Crippen LogP contribution in [0, 0.1) is 79.3 Å². The molecular formula is C43H69NO4. The lowest BCUT2D eigenvalue weighted by atomic mass is 9.32. The molecule has 12 atom stereocenters. The van der Waals surface area contributed by atoms with Gasteiger partial charge in [0.25, 0.3) is 0 Å². The summed E-state index contributed by atoms with van der Waals surface area (Å²) in [5.74, 6) is 4.37. The number of fused-ring (bicyclic) bond motifs is 7. The predicted octanol–water partition coefficient (Wildman–Crippen LogP) is 8.71. The fourth-order valence-corrected chi connectivity index (χ4v) is 15.6. The van der Waals surface area contributed by atoms with Crippen molar-refractivity contribution in [3.63, 3.8) is 0 Å². The molecule has 0 aromatic carbocycles. The van der Waals surface area contributed by atoms with Crippen LogP contribution in [0.2, 0.25) is 0 Å². The molecule has 0 spiro atoms. The van der Waals surface area contributed by atoms with Gasteiger partial charge in [-0.25, -0.2) is 0 Å². The molecule has 270 valence electrons. The highest BCUT2D eigenvalue weighted by atomic mass is 16.5. The molecule has 48 heavy (non-hydrogen) atoms. The maximum Gasteiger partial charge on any atom is 0.226 e. The Balaban J connectivity index is 1.07. The van der Waals surface area contributed by atoms with Crippen LogP contribution in [-0.2, 0) is 14.3 Å². The summed E-state index contributed by atoms with van der Waals surface area (Å²) in [6.07, 6.45) is 16.0. The first-order chi connectivity index (χ1) is 22.5. The third kappa shape index (κ3) is 4.40. The van der Waals surface area contributed by atoms with Gasteiger partial charge in [-0.3, -0.25) is 9.59 Å². The normalized spacial score (nSPS) is 51.4. The first-order valence-corrected chi connectivity index (χ1v) is 20.5. The molecule has 1 saturated heterocycles. The fourth-order valence-electron chi connectivity index (χ4n) is 15.6. The van der Waals surface area contributed by atoms with Crippen LogP contribution in [0.3, 0.4) is 0 Å². The molecular weight excluding hydrogens is 594 g/mol. The highest BCUT2D eigenvalue weighted by molar-refractivity contribution is 5.87. The molecule has 5 nitrogen and oxygen atoms in total. The predicted molar refractivity (Wildman–Crippen MR) is 190 cm³/mol. The zero-order valence-corrected chi connectivity index (χ0v) is 32.0. The lowest BCUT2D eigenvalue weighted by molar-refractivity contribution is -0.248. The van der Waals surface area contributed by atoms with Crippen molar-refractivity contribution in [2.45, 2.75) is 151 Å². The smallest absolute Gasteiger partial charge is 0.226 e. The summed E-state index contributed by atoms with van der Waals surface area (Å²) >= 11 is 0. The van der Waals surface area contributed by atoms with Crippen molar-refractivity contribution in [1.29, 1.82) is 0 Å². The third-order valence-corrected chi connectivity index (χ3v) is 19.4. The average Bonchev–Trinajstić information content (AvgIpc) is 3.66. The number of ketones is 1. The number of ether oxygens (including phenoxy) is 1. The molecule has 1 amide bonds. The lowest BCUT2D eigenvalue weighted by Crippen LogP contribution is -2.67. The molecule has 0 bridgehead atoms. The second-order valence-electron chi connectivity index (χ2n) is 21.4. The summed E-state index contributed by atoms with van der Waals surface area (Å²) in [4.78, 5) is 30.7. The average molecular weight is 664 g/mol. The first-order valence-electron chi connectivity index (χ1n) is 20.5. The first kappa shape index (κ1) is 34.2. The van der Waals surface area contributed by atoms with Gasteiger partial charge in [0.15, 0.2) is 0 Å². The molecule has 8 fully saturated rings. The number of Topliss-reactive ketones (excluding diaryl/α,β-unsaturated/α-hetero) is 1. The number of aliphatic hydroxyl groups is 1. The van der Waals surface area contributed by atoms with Crippen molar-refractivity contribution in [1.82, 2.24) is 4.90 Å². The van der Waals surface area contributed by atoms with Crippen LogP contribution >= 0.6 is 0 Å². The Morgan fingerprint density at radius 1 is 0.708 bits per heavy atom. The van der Waals surface area contributed by atoms with Crippen molar-refractivity contribution >= 4 is 11.7 Å². The molecule has 1 unspecified atom stereocenters. The van der Waals surface area contributed by atoms with Gasteiger partial charge in [-0.05, 0) is 151 Å². The van der Waals surface area contributed by atoms with Crippen LogP contribution < -0.4 is 0 Å². The van der Waals surface area contributed by atoms with Crippen molar-refractivity contribution in [2.75, 3.05) is 26.3 Å². The van der Waals surface area contributed by atoms with E-state index in [9.17, 15) is 9.90 Å². The van der Waals surface area contributed by atoms with Crippen LogP contribution in [0.15, 0.2) is 0 Å². The highest BCUT2D eigenvalue weighted by Gasteiger charge is 2.73. The summed E-state index contributed by atoms with van der Waals surface area (Å²) < 4.78 is 5.52. The summed E-state index contributed by atoms with van der Waals surface area (Å²) in [6.45, 7) is 22.6. The van der Waals surface area contributed by atoms with E-state index in [1.54, 1.807) is 0 Å². The molecule has 0 aromatic rings. The van der Waals surface area contributed by atoms with E-state index in [1.165, 1.54) is 57.8 Å². The number of amides is 1. The van der Waals surface area contributed by atoms with Crippen LogP contribution in [0.5, 0.6) is 0 Å². The van der Waals surface area contributed by atoms with Crippen molar-refractivity contribution in [3.05, 3.63) is 0 Å². The highest BCUT2D eigenvalue weighted by Crippen LogP contribution is 2.79. The number of hydrogen-bond acceptors (Lipinski definition) is 4. The van der Waals surface area contributed by atoms with Crippen molar-refractivity contribution < 1.29 is 19.4 Å². The number of morpholine rings is 1. The molecule has 8 rings (SSSR count). The van der Waals surface area contributed by atoms with Gasteiger partial charge < -0.3 is 14.7 Å². The minimum absolute atomic E-state index is 0.0154. The van der Waals surface area contributed by atoms with Gasteiger partial charge in [0.05, 0.1) is 19.3 Å². The Hall–Kier alpha value is -0.940. The molecule has 1 aliphatic heterocycles. The number of aliphatic hydroxyl groups excluding tert-OH is 1. The summed E-state index contributed by atoms with van der Waals surface area (Å²) in [5, 5.41) is 11.1. The second kappa shape index (κ2) is 10.8. The van der Waals surface area contributed by atoms with Gasteiger partial charge >= 0.3 is 0 Å². The molecule has 5 heteroatoms. The van der Waals surface area contributed by atoms with E-state index >= 15 is 4.79 Å². The number of nitrogens with zero attached hydrogens (tertiary/aromatic N) is 1. The molecule has 7 aliphatic carbocycles. The molecule has 1 heterocycles. The van der Waals surface area contributed by atoms with Gasteiger partial charge in [-0.1, -0.05) is 55.4 Å². The number of hydrogen-bond donors (Lipinski definition) is 1. The van der Waals surface area contributed by atoms with E-state index in [4.69, 9.17) is 4.74 Å². The van der Waals surface area contributed by atoms with Gasteiger partial charge in [-0.2, -0.15) is 0 Å². The van der Waals surface area contributed by atoms with Crippen molar-refractivity contribution in [3.8, 4) is 0 Å².